The molecular formula is C22H28F2N4O2. The Hall–Kier alpha value is -3.03. The number of hydrogen-bond donors (Lipinski definition) is 3. The van der Waals surface area contributed by atoms with Crippen LogP contribution in [0.5, 0.6) is 11.5 Å². The monoisotopic (exact) mass is 418 g/mol. The van der Waals surface area contributed by atoms with Crippen molar-refractivity contribution in [1.29, 1.82) is 0 Å². The van der Waals surface area contributed by atoms with Gasteiger partial charge in [0.1, 0.15) is 11.5 Å². The maximum absolute atomic E-state index is 12.3. The summed E-state index contributed by atoms with van der Waals surface area (Å²) >= 11 is 0. The molecule has 0 aromatic heterocycles. The smallest absolute Gasteiger partial charge is 0.387 e. The molecule has 162 valence electrons. The van der Waals surface area contributed by atoms with Crippen molar-refractivity contribution >= 4 is 11.6 Å². The summed E-state index contributed by atoms with van der Waals surface area (Å²) in [6.45, 7) is 2.10. The molecule has 30 heavy (non-hydrogen) atoms. The Morgan fingerprint density at radius 1 is 1.27 bits per heavy atom. The van der Waals surface area contributed by atoms with E-state index in [4.69, 9.17) is 0 Å². The number of nitrogens with zero attached hydrogens (tertiary/aromatic N) is 2. The van der Waals surface area contributed by atoms with Gasteiger partial charge < -0.3 is 25.4 Å². The van der Waals surface area contributed by atoms with Crippen molar-refractivity contribution in [3.8, 4) is 11.5 Å². The van der Waals surface area contributed by atoms with Crippen LogP contribution in [0, 0.1) is 0 Å². The van der Waals surface area contributed by atoms with Gasteiger partial charge in [0, 0.05) is 31.4 Å². The highest BCUT2D eigenvalue weighted by atomic mass is 19.3. The topological polar surface area (TPSA) is 69.1 Å². The van der Waals surface area contributed by atoms with E-state index in [2.05, 4.69) is 25.3 Å². The minimum atomic E-state index is -2.82. The molecule has 0 aliphatic carbocycles. The fourth-order valence-electron chi connectivity index (χ4n) is 3.51. The largest absolute Gasteiger partial charge is 0.508 e. The SMILES string of the molecule is CCNC(=NCc1cccc(O)c1)NC1CCCN(c2ccc(OC(F)F)cc2)C1. The number of guanidine groups is 1. The molecule has 3 N–H and O–H groups in total. The molecule has 2 aromatic rings. The lowest BCUT2D eigenvalue weighted by molar-refractivity contribution is -0.0498. The maximum atomic E-state index is 12.3. The number of ether oxygens (including phenoxy) is 1. The first-order valence-corrected chi connectivity index (χ1v) is 10.2. The predicted octanol–water partition coefficient (Wildman–Crippen LogP) is 3.72. The molecule has 1 atom stereocenters. The van der Waals surface area contributed by atoms with Gasteiger partial charge in [-0.2, -0.15) is 8.78 Å². The molecule has 0 radical (unpaired) electrons. The molecule has 0 bridgehead atoms. The molecule has 1 fully saturated rings. The third kappa shape index (κ3) is 6.50. The molecule has 1 aliphatic heterocycles. The van der Waals surface area contributed by atoms with E-state index in [0.29, 0.717) is 6.54 Å². The summed E-state index contributed by atoms with van der Waals surface area (Å²) in [5, 5.41) is 16.4. The Morgan fingerprint density at radius 2 is 2.07 bits per heavy atom. The number of piperidine rings is 1. The lowest BCUT2D eigenvalue weighted by Gasteiger charge is -2.35. The van der Waals surface area contributed by atoms with Crippen LogP contribution in [0.3, 0.4) is 0 Å². The molecule has 0 amide bonds. The number of alkyl halides is 2. The van der Waals surface area contributed by atoms with Crippen LogP contribution in [0.25, 0.3) is 0 Å². The number of halogens is 2. The van der Waals surface area contributed by atoms with E-state index in [0.717, 1.165) is 49.7 Å². The van der Waals surface area contributed by atoms with Gasteiger partial charge in [-0.1, -0.05) is 12.1 Å². The van der Waals surface area contributed by atoms with Gasteiger partial charge in [-0.25, -0.2) is 4.99 Å². The summed E-state index contributed by atoms with van der Waals surface area (Å²) in [6, 6.07) is 14.0. The quantitative estimate of drug-likeness (QED) is 0.472. The Bertz CT molecular complexity index is 830. The molecule has 0 saturated carbocycles. The number of benzene rings is 2. The molecule has 0 spiro atoms. The molecule has 2 aromatic carbocycles. The third-order valence-electron chi connectivity index (χ3n) is 4.86. The minimum Gasteiger partial charge on any atom is -0.508 e. The van der Waals surface area contributed by atoms with Gasteiger partial charge in [0.25, 0.3) is 0 Å². The lowest BCUT2D eigenvalue weighted by Crippen LogP contribution is -2.51. The molecule has 1 aliphatic rings. The predicted molar refractivity (Wildman–Crippen MR) is 114 cm³/mol. The van der Waals surface area contributed by atoms with Crippen molar-refractivity contribution in [3.63, 3.8) is 0 Å². The van der Waals surface area contributed by atoms with E-state index >= 15 is 0 Å². The average Bonchev–Trinajstić information content (AvgIpc) is 2.73. The summed E-state index contributed by atoms with van der Waals surface area (Å²) in [5.41, 5.74) is 1.91. The van der Waals surface area contributed by atoms with Gasteiger partial charge in [-0.15, -0.1) is 0 Å². The van der Waals surface area contributed by atoms with Gasteiger partial charge >= 0.3 is 6.61 Å². The Balaban J connectivity index is 1.60. The van der Waals surface area contributed by atoms with Gasteiger partial charge in [0.05, 0.1) is 6.54 Å². The van der Waals surface area contributed by atoms with Gasteiger partial charge in [0.15, 0.2) is 5.96 Å². The number of phenols is 1. The zero-order chi connectivity index (χ0) is 21.3. The maximum Gasteiger partial charge on any atom is 0.387 e. The van der Waals surface area contributed by atoms with Crippen LogP contribution in [-0.4, -0.2) is 43.4 Å². The summed E-state index contributed by atoms with van der Waals surface area (Å²) in [5.74, 6) is 1.12. The second-order valence-corrected chi connectivity index (χ2v) is 7.17. The van der Waals surface area contributed by atoms with Gasteiger partial charge in [-0.05, 0) is 61.7 Å². The number of hydrogen-bond acceptors (Lipinski definition) is 4. The highest BCUT2D eigenvalue weighted by Crippen LogP contribution is 2.24. The molecule has 1 heterocycles. The number of nitrogens with one attached hydrogen (secondary N) is 2. The first-order chi connectivity index (χ1) is 14.5. The average molecular weight is 418 g/mol. The van der Waals surface area contributed by atoms with Gasteiger partial charge in [-0.3, -0.25) is 0 Å². The van der Waals surface area contributed by atoms with E-state index in [1.54, 1.807) is 42.5 Å². The van der Waals surface area contributed by atoms with Crippen molar-refractivity contribution in [1.82, 2.24) is 10.6 Å². The summed E-state index contributed by atoms with van der Waals surface area (Å²) < 4.78 is 29.1. The second kappa shape index (κ2) is 10.7. The molecule has 1 unspecified atom stereocenters. The van der Waals surface area contributed by atoms with Gasteiger partial charge in [0.2, 0.25) is 0 Å². The first kappa shape index (κ1) is 21.7. The third-order valence-corrected chi connectivity index (χ3v) is 4.86. The van der Waals surface area contributed by atoms with Crippen LogP contribution in [0.15, 0.2) is 53.5 Å². The van der Waals surface area contributed by atoms with Crippen LogP contribution >= 0.6 is 0 Å². The van der Waals surface area contributed by atoms with Crippen LogP contribution in [0.1, 0.15) is 25.3 Å². The normalized spacial score (nSPS) is 17.1. The Labute approximate surface area is 175 Å². The summed E-state index contributed by atoms with van der Waals surface area (Å²) in [6.07, 6.45) is 2.03. The van der Waals surface area contributed by atoms with Crippen LogP contribution in [0.4, 0.5) is 14.5 Å². The highest BCUT2D eigenvalue weighted by Gasteiger charge is 2.21. The summed E-state index contributed by atoms with van der Waals surface area (Å²) in [7, 11) is 0. The number of anilines is 1. The molecule has 1 saturated heterocycles. The first-order valence-electron chi connectivity index (χ1n) is 10.2. The van der Waals surface area contributed by atoms with E-state index in [1.807, 2.05) is 13.0 Å². The standard InChI is InChI=1S/C22H28F2N4O2/c1-2-25-22(26-14-16-5-3-7-19(29)13-16)27-17-6-4-12-28(15-17)18-8-10-20(11-9-18)30-21(23)24/h3,5,7-11,13,17,21,29H,2,4,6,12,14-15H2,1H3,(H2,25,26,27). The lowest BCUT2D eigenvalue weighted by atomic mass is 10.0. The minimum absolute atomic E-state index is 0.161. The molecule has 6 nitrogen and oxygen atoms in total. The Morgan fingerprint density at radius 3 is 2.77 bits per heavy atom. The van der Waals surface area contributed by atoms with Crippen LogP contribution in [0.2, 0.25) is 0 Å². The van der Waals surface area contributed by atoms with Crippen LogP contribution < -0.4 is 20.3 Å². The van der Waals surface area contributed by atoms with E-state index in [-0.39, 0.29) is 17.5 Å². The van der Waals surface area contributed by atoms with Crippen molar-refractivity contribution in [3.05, 3.63) is 54.1 Å². The van der Waals surface area contributed by atoms with Crippen molar-refractivity contribution in [2.45, 2.75) is 39.0 Å². The molecule has 8 heteroatoms. The fourth-order valence-corrected chi connectivity index (χ4v) is 3.51. The number of aromatic hydroxyl groups is 1. The fraction of sp³-hybridized carbons (Fsp3) is 0.409. The molecular weight excluding hydrogens is 390 g/mol. The van der Waals surface area contributed by atoms with E-state index in [1.165, 1.54) is 0 Å². The molecule has 3 rings (SSSR count). The van der Waals surface area contributed by atoms with Crippen molar-refractivity contribution in [2.24, 2.45) is 4.99 Å². The zero-order valence-corrected chi connectivity index (χ0v) is 17.0. The summed E-state index contributed by atoms with van der Waals surface area (Å²) in [4.78, 5) is 6.86. The number of rotatable bonds is 7. The van der Waals surface area contributed by atoms with E-state index in [9.17, 15) is 13.9 Å². The highest BCUT2D eigenvalue weighted by molar-refractivity contribution is 5.80. The van der Waals surface area contributed by atoms with E-state index < -0.39 is 6.61 Å². The second-order valence-electron chi connectivity index (χ2n) is 7.17. The van der Waals surface area contributed by atoms with Crippen molar-refractivity contribution < 1.29 is 18.6 Å². The van der Waals surface area contributed by atoms with Crippen molar-refractivity contribution in [2.75, 3.05) is 24.5 Å². The number of aliphatic imine (C=N–C) groups is 1. The Kier molecular flexibility index (Phi) is 7.70. The number of phenolic OH excluding ortho intramolecular Hbond substituents is 1. The van der Waals surface area contributed by atoms with Crippen LogP contribution in [-0.2, 0) is 6.54 Å². The zero-order valence-electron chi connectivity index (χ0n) is 17.0.